The number of carbonyl (C=O) groups excluding carboxylic acids is 2. The molecule has 0 amide bonds. The predicted octanol–water partition coefficient (Wildman–Crippen LogP) is 3.96. The van der Waals surface area contributed by atoms with E-state index in [-0.39, 0.29) is 24.3 Å². The van der Waals surface area contributed by atoms with E-state index in [4.69, 9.17) is 18.4 Å². The topological polar surface area (TPSA) is 105 Å². The number of hydrogen-bond donors (Lipinski definition) is 0. The Kier molecular flexibility index (Phi) is 7.63. The summed E-state index contributed by atoms with van der Waals surface area (Å²) in [6.07, 6.45) is -6.30. The summed E-state index contributed by atoms with van der Waals surface area (Å²) in [5.41, 5.74) is -0.298. The lowest BCUT2D eigenvalue weighted by Crippen LogP contribution is -2.42. The Morgan fingerprint density at radius 3 is 2.23 bits per heavy atom. The number of halogens is 3. The van der Waals surface area contributed by atoms with Crippen LogP contribution >= 0.6 is 0 Å². The molecule has 8 nitrogen and oxygen atoms in total. The Bertz CT molecular complexity index is 1190. The van der Waals surface area contributed by atoms with Gasteiger partial charge in [0.1, 0.15) is 17.2 Å². The first-order chi connectivity index (χ1) is 16.4. The summed E-state index contributed by atoms with van der Waals surface area (Å²) in [6.45, 7) is 0. The number of methoxy groups -OCH3 is 2. The van der Waals surface area contributed by atoms with Gasteiger partial charge in [-0.1, -0.05) is 18.2 Å². The summed E-state index contributed by atoms with van der Waals surface area (Å²) < 4.78 is 81.4. The van der Waals surface area contributed by atoms with E-state index in [0.717, 1.165) is 0 Å². The highest BCUT2D eigenvalue weighted by Crippen LogP contribution is 2.44. The lowest BCUT2D eigenvalue weighted by molar-refractivity contribution is -0.168. The third-order valence-corrected chi connectivity index (χ3v) is 6.70. The SMILES string of the molecule is COC(=O)C1(C(=O)OC)Cc2cccc(Oc3cccc(OS(=O)(=O)CCCC(F)(F)F)c3)c2C1. The lowest BCUT2D eigenvalue weighted by Gasteiger charge is -2.22. The first-order valence-electron chi connectivity index (χ1n) is 10.4. The highest BCUT2D eigenvalue weighted by Gasteiger charge is 2.53. The molecule has 12 heteroatoms. The maximum Gasteiger partial charge on any atom is 0.389 e. The summed E-state index contributed by atoms with van der Waals surface area (Å²) in [7, 11) is -1.90. The second-order valence-electron chi connectivity index (χ2n) is 7.95. The van der Waals surface area contributed by atoms with Gasteiger partial charge in [-0.3, -0.25) is 9.59 Å². The molecule has 0 N–H and O–H groups in total. The summed E-state index contributed by atoms with van der Waals surface area (Å²) in [4.78, 5) is 25.0. The van der Waals surface area contributed by atoms with Gasteiger partial charge in [-0.2, -0.15) is 21.6 Å². The fourth-order valence-corrected chi connectivity index (χ4v) is 4.86. The van der Waals surface area contributed by atoms with E-state index in [1.165, 1.54) is 38.5 Å². The molecule has 0 atom stereocenters. The fourth-order valence-electron chi connectivity index (χ4n) is 3.88. The molecule has 0 saturated heterocycles. The molecule has 0 radical (unpaired) electrons. The Hall–Kier alpha value is -3.28. The molecule has 0 bridgehead atoms. The van der Waals surface area contributed by atoms with Crippen LogP contribution in [0.1, 0.15) is 24.0 Å². The maximum absolute atomic E-state index is 12.5. The summed E-state index contributed by atoms with van der Waals surface area (Å²) >= 11 is 0. The molecule has 0 saturated carbocycles. The largest absolute Gasteiger partial charge is 0.468 e. The molecule has 0 spiro atoms. The van der Waals surface area contributed by atoms with Crippen molar-refractivity contribution in [1.82, 2.24) is 0 Å². The zero-order valence-corrected chi connectivity index (χ0v) is 19.7. The predicted molar refractivity (Wildman–Crippen MR) is 117 cm³/mol. The van der Waals surface area contributed by atoms with E-state index in [0.29, 0.717) is 16.9 Å². The molecule has 3 rings (SSSR count). The normalized spacial score (nSPS) is 14.7. The Morgan fingerprint density at radius 1 is 0.971 bits per heavy atom. The van der Waals surface area contributed by atoms with Crippen molar-refractivity contribution in [2.24, 2.45) is 5.41 Å². The molecule has 2 aromatic rings. The number of hydrogen-bond acceptors (Lipinski definition) is 8. The Morgan fingerprint density at radius 2 is 1.60 bits per heavy atom. The minimum absolute atomic E-state index is 0.0262. The van der Waals surface area contributed by atoms with E-state index in [1.54, 1.807) is 18.2 Å². The summed E-state index contributed by atoms with van der Waals surface area (Å²) in [5, 5.41) is 0. The van der Waals surface area contributed by atoms with Crippen LogP contribution in [0.2, 0.25) is 0 Å². The van der Waals surface area contributed by atoms with Crippen LogP contribution in [0.3, 0.4) is 0 Å². The van der Waals surface area contributed by atoms with Crippen LogP contribution < -0.4 is 8.92 Å². The van der Waals surface area contributed by atoms with E-state index in [1.807, 2.05) is 0 Å². The minimum Gasteiger partial charge on any atom is -0.468 e. The van der Waals surface area contributed by atoms with Crippen LogP contribution in [0.4, 0.5) is 13.2 Å². The van der Waals surface area contributed by atoms with Crippen LogP contribution in [0.25, 0.3) is 0 Å². The summed E-state index contributed by atoms with van der Waals surface area (Å²) in [5.74, 6) is -1.92. The number of carbonyl (C=O) groups is 2. The molecule has 2 aromatic carbocycles. The highest BCUT2D eigenvalue weighted by atomic mass is 32.2. The first-order valence-corrected chi connectivity index (χ1v) is 12.0. The van der Waals surface area contributed by atoms with Crippen molar-refractivity contribution in [1.29, 1.82) is 0 Å². The zero-order chi connectivity index (χ0) is 25.9. The van der Waals surface area contributed by atoms with Crippen LogP contribution in [0.15, 0.2) is 42.5 Å². The number of benzene rings is 2. The standard InChI is InChI=1S/C23H23F3O8S/c1-31-20(27)22(21(28)32-2)13-15-6-3-9-19(18(15)14-22)33-16-7-4-8-17(12-16)34-35(29,30)11-5-10-23(24,25)26/h3-4,6-9,12H,5,10-11,13-14H2,1-2H3. The van der Waals surface area contributed by atoms with Gasteiger partial charge in [-0.15, -0.1) is 0 Å². The second-order valence-corrected chi connectivity index (χ2v) is 9.64. The van der Waals surface area contributed by atoms with E-state index in [9.17, 15) is 31.2 Å². The highest BCUT2D eigenvalue weighted by molar-refractivity contribution is 7.87. The molecular formula is C23H23F3O8S. The third-order valence-electron chi connectivity index (χ3n) is 5.46. The van der Waals surface area contributed by atoms with Crippen molar-refractivity contribution >= 4 is 22.1 Å². The lowest BCUT2D eigenvalue weighted by atomic mass is 9.85. The molecule has 0 unspecified atom stereocenters. The van der Waals surface area contributed by atoms with Crippen molar-refractivity contribution in [3.8, 4) is 17.2 Å². The average molecular weight is 516 g/mol. The van der Waals surface area contributed by atoms with E-state index in [2.05, 4.69) is 0 Å². The smallest absolute Gasteiger partial charge is 0.389 e. The van der Waals surface area contributed by atoms with E-state index >= 15 is 0 Å². The number of alkyl halides is 3. The van der Waals surface area contributed by atoms with Gasteiger partial charge in [-0.25, -0.2) is 0 Å². The quantitative estimate of drug-likeness (QED) is 0.280. The zero-order valence-electron chi connectivity index (χ0n) is 18.9. The van der Waals surface area contributed by atoms with Crippen LogP contribution in [0.5, 0.6) is 17.2 Å². The monoisotopic (exact) mass is 516 g/mol. The molecule has 35 heavy (non-hydrogen) atoms. The van der Waals surface area contributed by atoms with Crippen LogP contribution in [0, 0.1) is 5.41 Å². The molecule has 0 aliphatic heterocycles. The second kappa shape index (κ2) is 10.1. The number of fused-ring (bicyclic) bond motifs is 1. The number of esters is 2. The van der Waals surface area contributed by atoms with Gasteiger partial charge in [-0.05, 0) is 42.2 Å². The van der Waals surface area contributed by atoms with Gasteiger partial charge in [0.25, 0.3) is 0 Å². The molecule has 0 heterocycles. The molecule has 0 fully saturated rings. The van der Waals surface area contributed by atoms with Crippen molar-refractivity contribution in [3.63, 3.8) is 0 Å². The van der Waals surface area contributed by atoms with Crippen molar-refractivity contribution in [2.45, 2.75) is 31.9 Å². The van der Waals surface area contributed by atoms with Crippen molar-refractivity contribution < 1.29 is 49.6 Å². The minimum atomic E-state index is -4.46. The Labute approximate surface area is 200 Å². The van der Waals surface area contributed by atoms with Gasteiger partial charge in [0.2, 0.25) is 0 Å². The van der Waals surface area contributed by atoms with Crippen LogP contribution in [-0.2, 0) is 42.0 Å². The number of rotatable bonds is 9. The number of ether oxygens (including phenoxy) is 3. The van der Waals surface area contributed by atoms with Gasteiger partial charge in [0.05, 0.1) is 20.0 Å². The van der Waals surface area contributed by atoms with Crippen LogP contribution in [-0.4, -0.2) is 46.5 Å². The first kappa shape index (κ1) is 26.3. The van der Waals surface area contributed by atoms with Gasteiger partial charge in [0, 0.05) is 18.9 Å². The molecule has 1 aliphatic carbocycles. The molecule has 0 aromatic heterocycles. The average Bonchev–Trinajstić information content (AvgIpc) is 3.19. The maximum atomic E-state index is 12.5. The fraction of sp³-hybridized carbons (Fsp3) is 0.391. The van der Waals surface area contributed by atoms with Gasteiger partial charge < -0.3 is 18.4 Å². The summed E-state index contributed by atoms with van der Waals surface area (Å²) in [6, 6.07) is 10.6. The van der Waals surface area contributed by atoms with Crippen molar-refractivity contribution in [2.75, 3.05) is 20.0 Å². The van der Waals surface area contributed by atoms with E-state index < -0.39 is 52.2 Å². The van der Waals surface area contributed by atoms with Crippen molar-refractivity contribution in [3.05, 3.63) is 53.6 Å². The molecule has 190 valence electrons. The third kappa shape index (κ3) is 6.24. The Balaban J connectivity index is 1.78. The van der Waals surface area contributed by atoms with Gasteiger partial charge >= 0.3 is 28.2 Å². The molecule has 1 aliphatic rings. The van der Waals surface area contributed by atoms with Gasteiger partial charge in [0.15, 0.2) is 5.41 Å². The molecular weight excluding hydrogens is 493 g/mol.